The van der Waals surface area contributed by atoms with Gasteiger partial charge in [-0.2, -0.15) is 0 Å². The van der Waals surface area contributed by atoms with Crippen molar-refractivity contribution in [2.45, 2.75) is 0 Å². The molecule has 4 aromatic heterocycles. The van der Waals surface area contributed by atoms with Crippen LogP contribution in [0.4, 0.5) is 0 Å². The molecule has 224 valence electrons. The third-order valence-electron chi connectivity index (χ3n) is 9.62. The van der Waals surface area contributed by atoms with E-state index in [9.17, 15) is 0 Å². The van der Waals surface area contributed by atoms with Crippen LogP contribution in [0.3, 0.4) is 0 Å². The van der Waals surface area contributed by atoms with Gasteiger partial charge >= 0.3 is 0 Å². The zero-order valence-corrected chi connectivity index (χ0v) is 26.0. The van der Waals surface area contributed by atoms with Crippen LogP contribution in [0.25, 0.3) is 88.0 Å². The van der Waals surface area contributed by atoms with Gasteiger partial charge in [0.15, 0.2) is 0 Å². The Morgan fingerprint density at radius 1 is 0.354 bits per heavy atom. The standard InChI is InChI=1S/C44H28N4/c1-2-12-34(13-3-1)48-42-17-7-4-14-36(42)38-19-18-29-25-40-37-15-5-6-16-41(37)47(43(40)26-39(29)44(38)48)35-23-32(30-10-8-20-45-27-30)22-33(24-35)31-11-9-21-46-28-31/h1-28H. The normalized spacial score (nSPS) is 11.8. The molecule has 4 heterocycles. The summed E-state index contributed by atoms with van der Waals surface area (Å²) in [6.45, 7) is 0. The van der Waals surface area contributed by atoms with E-state index in [0.717, 1.165) is 33.6 Å². The van der Waals surface area contributed by atoms with E-state index >= 15 is 0 Å². The second-order valence-electron chi connectivity index (χ2n) is 12.3. The molecule has 0 spiro atoms. The summed E-state index contributed by atoms with van der Waals surface area (Å²) in [5, 5.41) is 7.41. The molecule has 6 aromatic carbocycles. The van der Waals surface area contributed by atoms with Gasteiger partial charge in [0.05, 0.1) is 22.1 Å². The topological polar surface area (TPSA) is 35.6 Å². The molecule has 0 amide bonds. The second kappa shape index (κ2) is 10.5. The molecule has 0 fully saturated rings. The predicted molar refractivity (Wildman–Crippen MR) is 199 cm³/mol. The third kappa shape index (κ3) is 4.03. The SMILES string of the molecule is c1ccc(-n2c3ccccc3c3ccc4cc5c6ccccc6n(-c6cc(-c7cccnc7)cc(-c7cccnc7)c6)c5cc4c32)cc1. The van der Waals surface area contributed by atoms with Gasteiger partial charge in [0.2, 0.25) is 0 Å². The van der Waals surface area contributed by atoms with Crippen LogP contribution in [0.1, 0.15) is 0 Å². The zero-order valence-electron chi connectivity index (χ0n) is 26.0. The van der Waals surface area contributed by atoms with Gasteiger partial charge in [0.1, 0.15) is 0 Å². The van der Waals surface area contributed by atoms with Crippen LogP contribution in [0, 0.1) is 0 Å². The molecule has 0 bridgehead atoms. The number of fused-ring (bicyclic) bond motifs is 8. The predicted octanol–water partition coefficient (Wildman–Crippen LogP) is 11.2. The van der Waals surface area contributed by atoms with Gasteiger partial charge in [-0.25, -0.2) is 0 Å². The average molecular weight is 613 g/mol. The highest BCUT2D eigenvalue weighted by Gasteiger charge is 2.19. The van der Waals surface area contributed by atoms with E-state index in [2.05, 4.69) is 153 Å². The number of hydrogen-bond donors (Lipinski definition) is 0. The summed E-state index contributed by atoms with van der Waals surface area (Å²) in [4.78, 5) is 8.90. The van der Waals surface area contributed by atoms with Gasteiger partial charge in [-0.15, -0.1) is 0 Å². The Labute approximate surface area is 276 Å². The maximum Gasteiger partial charge on any atom is 0.0620 e. The number of hydrogen-bond acceptors (Lipinski definition) is 2. The summed E-state index contributed by atoms with van der Waals surface area (Å²) in [5.41, 5.74) is 11.4. The summed E-state index contributed by atoms with van der Waals surface area (Å²) in [6, 6.07) is 52.6. The highest BCUT2D eigenvalue weighted by Crippen LogP contribution is 2.41. The summed E-state index contributed by atoms with van der Waals surface area (Å²) < 4.78 is 4.85. The van der Waals surface area contributed by atoms with E-state index in [0.29, 0.717) is 0 Å². The smallest absolute Gasteiger partial charge is 0.0620 e. The molecule has 10 aromatic rings. The molecule has 10 rings (SSSR count). The zero-order chi connectivity index (χ0) is 31.6. The van der Waals surface area contributed by atoms with Crippen LogP contribution in [0.5, 0.6) is 0 Å². The fourth-order valence-corrected chi connectivity index (χ4v) is 7.51. The molecule has 0 aliphatic carbocycles. The van der Waals surface area contributed by atoms with Gasteiger partial charge in [0.25, 0.3) is 0 Å². The molecule has 0 aliphatic rings. The molecule has 0 saturated carbocycles. The molecule has 0 radical (unpaired) electrons. The van der Waals surface area contributed by atoms with Crippen molar-refractivity contribution >= 4 is 54.4 Å². The maximum absolute atomic E-state index is 4.45. The van der Waals surface area contributed by atoms with Crippen molar-refractivity contribution in [2.75, 3.05) is 0 Å². The van der Waals surface area contributed by atoms with Crippen molar-refractivity contribution in [2.24, 2.45) is 0 Å². The van der Waals surface area contributed by atoms with E-state index < -0.39 is 0 Å². The average Bonchev–Trinajstić information content (AvgIpc) is 3.67. The Bertz CT molecular complexity index is 2760. The quantitative estimate of drug-likeness (QED) is 0.198. The lowest BCUT2D eigenvalue weighted by Gasteiger charge is -2.14. The lowest BCUT2D eigenvalue weighted by Crippen LogP contribution is -1.97. The molecule has 0 unspecified atom stereocenters. The first-order valence-corrected chi connectivity index (χ1v) is 16.2. The van der Waals surface area contributed by atoms with Crippen LogP contribution >= 0.6 is 0 Å². The van der Waals surface area contributed by atoms with Crippen molar-refractivity contribution in [3.8, 4) is 33.6 Å². The van der Waals surface area contributed by atoms with E-state index in [4.69, 9.17) is 0 Å². The Kier molecular flexibility index (Phi) is 5.84. The fourth-order valence-electron chi connectivity index (χ4n) is 7.51. The third-order valence-corrected chi connectivity index (χ3v) is 9.62. The van der Waals surface area contributed by atoms with Crippen LogP contribution in [0.2, 0.25) is 0 Å². The van der Waals surface area contributed by atoms with Gasteiger partial charge in [0, 0.05) is 74.2 Å². The minimum atomic E-state index is 1.07. The van der Waals surface area contributed by atoms with E-state index in [-0.39, 0.29) is 0 Å². The Hall–Kier alpha value is -6.52. The number of pyridine rings is 2. The molecule has 48 heavy (non-hydrogen) atoms. The van der Waals surface area contributed by atoms with Gasteiger partial charge in [-0.05, 0) is 83.2 Å². The van der Waals surface area contributed by atoms with E-state index in [1.54, 1.807) is 0 Å². The summed E-state index contributed by atoms with van der Waals surface area (Å²) in [7, 11) is 0. The lowest BCUT2D eigenvalue weighted by molar-refractivity contribution is 1.18. The molecule has 0 atom stereocenters. The van der Waals surface area contributed by atoms with Crippen LogP contribution in [-0.4, -0.2) is 19.1 Å². The van der Waals surface area contributed by atoms with Gasteiger partial charge < -0.3 is 9.13 Å². The second-order valence-corrected chi connectivity index (χ2v) is 12.3. The number of para-hydroxylation sites is 3. The Balaban J connectivity index is 1.34. The number of rotatable bonds is 4. The first-order valence-electron chi connectivity index (χ1n) is 16.2. The van der Waals surface area contributed by atoms with Crippen molar-refractivity contribution < 1.29 is 0 Å². The van der Waals surface area contributed by atoms with Crippen molar-refractivity contribution in [3.63, 3.8) is 0 Å². The first kappa shape index (κ1) is 26.7. The van der Waals surface area contributed by atoms with Crippen LogP contribution < -0.4 is 0 Å². The summed E-state index contributed by atoms with van der Waals surface area (Å²) in [5.74, 6) is 0. The largest absolute Gasteiger partial charge is 0.309 e. The lowest BCUT2D eigenvalue weighted by atomic mass is 9.99. The highest BCUT2D eigenvalue weighted by atomic mass is 15.0. The fraction of sp³-hybridized carbons (Fsp3) is 0. The first-order chi connectivity index (χ1) is 23.8. The Morgan fingerprint density at radius 2 is 0.979 bits per heavy atom. The molecule has 4 nitrogen and oxygen atoms in total. The number of nitrogens with zero attached hydrogens (tertiary/aromatic N) is 4. The summed E-state index contributed by atoms with van der Waals surface area (Å²) in [6.07, 6.45) is 7.52. The van der Waals surface area contributed by atoms with Crippen LogP contribution in [0.15, 0.2) is 170 Å². The monoisotopic (exact) mass is 612 g/mol. The van der Waals surface area contributed by atoms with Crippen molar-refractivity contribution in [1.29, 1.82) is 0 Å². The van der Waals surface area contributed by atoms with E-state index in [1.165, 1.54) is 54.4 Å². The minimum Gasteiger partial charge on any atom is -0.309 e. The van der Waals surface area contributed by atoms with Crippen molar-refractivity contribution in [3.05, 3.63) is 170 Å². The van der Waals surface area contributed by atoms with Gasteiger partial charge in [-0.3, -0.25) is 9.97 Å². The van der Waals surface area contributed by atoms with E-state index in [1.807, 2.05) is 36.9 Å². The molecule has 0 saturated heterocycles. The molecular formula is C44H28N4. The van der Waals surface area contributed by atoms with Crippen LogP contribution in [-0.2, 0) is 0 Å². The Morgan fingerprint density at radius 3 is 1.65 bits per heavy atom. The van der Waals surface area contributed by atoms with Gasteiger partial charge in [-0.1, -0.05) is 78.9 Å². The highest BCUT2D eigenvalue weighted by molar-refractivity contribution is 6.22. The molecule has 0 N–H and O–H groups in total. The maximum atomic E-state index is 4.45. The number of aromatic nitrogens is 4. The molecule has 0 aliphatic heterocycles. The van der Waals surface area contributed by atoms with Crippen molar-refractivity contribution in [1.82, 2.24) is 19.1 Å². The molecular weight excluding hydrogens is 585 g/mol. The minimum absolute atomic E-state index is 1.07. The number of benzene rings is 6. The summed E-state index contributed by atoms with van der Waals surface area (Å²) >= 11 is 0. The molecule has 4 heteroatoms.